The van der Waals surface area contributed by atoms with Gasteiger partial charge in [0.15, 0.2) is 0 Å². The molecular weight excluding hydrogens is 238 g/mol. The first-order valence-electron chi connectivity index (χ1n) is 5.86. The molecule has 0 aliphatic heterocycles. The van der Waals surface area contributed by atoms with Gasteiger partial charge in [0.25, 0.3) is 0 Å². The highest BCUT2D eigenvalue weighted by Gasteiger charge is 2.06. The van der Waals surface area contributed by atoms with Crippen LogP contribution in [0.5, 0.6) is 0 Å². The highest BCUT2D eigenvalue weighted by molar-refractivity contribution is 7.99. The van der Waals surface area contributed by atoms with Gasteiger partial charge in [-0.25, -0.2) is 0 Å². The van der Waals surface area contributed by atoms with E-state index in [-0.39, 0.29) is 0 Å². The smallest absolute Gasteiger partial charge is 0.100 e. The van der Waals surface area contributed by atoms with Crippen molar-refractivity contribution in [3.8, 4) is 6.07 Å². The Bertz CT molecular complexity index is 623. The third-order valence-corrected chi connectivity index (χ3v) is 4.04. The van der Waals surface area contributed by atoms with Crippen LogP contribution in [0.3, 0.4) is 0 Å². The van der Waals surface area contributed by atoms with Crippen molar-refractivity contribution in [2.75, 3.05) is 0 Å². The summed E-state index contributed by atoms with van der Waals surface area (Å²) < 4.78 is 0. The molecular formula is C16H15NS. The molecule has 0 bridgehead atoms. The number of hydrogen-bond donors (Lipinski definition) is 0. The maximum Gasteiger partial charge on any atom is 0.100 e. The van der Waals surface area contributed by atoms with E-state index in [1.165, 1.54) is 21.6 Å². The topological polar surface area (TPSA) is 23.8 Å². The van der Waals surface area contributed by atoms with Gasteiger partial charge >= 0.3 is 0 Å². The molecule has 0 unspecified atom stereocenters. The molecule has 90 valence electrons. The lowest BCUT2D eigenvalue weighted by molar-refractivity contribution is 1.25. The third-order valence-electron chi connectivity index (χ3n) is 2.81. The van der Waals surface area contributed by atoms with E-state index >= 15 is 0 Å². The van der Waals surface area contributed by atoms with Crippen molar-refractivity contribution in [1.82, 2.24) is 0 Å². The molecule has 0 saturated carbocycles. The summed E-state index contributed by atoms with van der Waals surface area (Å²) in [5.41, 5.74) is 4.44. The molecule has 0 N–H and O–H groups in total. The van der Waals surface area contributed by atoms with E-state index in [4.69, 9.17) is 5.26 Å². The molecule has 0 fully saturated rings. The van der Waals surface area contributed by atoms with Crippen molar-refractivity contribution in [3.05, 3.63) is 58.7 Å². The molecule has 0 spiro atoms. The Morgan fingerprint density at radius 1 is 0.889 bits per heavy atom. The summed E-state index contributed by atoms with van der Waals surface area (Å²) in [5.74, 6) is 0. The van der Waals surface area contributed by atoms with Crippen LogP contribution in [0, 0.1) is 32.1 Å². The van der Waals surface area contributed by atoms with Crippen LogP contribution < -0.4 is 0 Å². The lowest BCUT2D eigenvalue weighted by Crippen LogP contribution is -1.86. The summed E-state index contributed by atoms with van der Waals surface area (Å²) >= 11 is 1.67. The number of aryl methyl sites for hydroxylation is 3. The van der Waals surface area contributed by atoms with Gasteiger partial charge < -0.3 is 0 Å². The van der Waals surface area contributed by atoms with Crippen LogP contribution in [-0.2, 0) is 0 Å². The third kappa shape index (κ3) is 2.75. The standard InChI is InChI=1S/C16H15NS/c1-11-5-7-15(13(3)8-11)18-16-9-12(2)4-6-14(16)10-17/h4-9H,1-3H3. The van der Waals surface area contributed by atoms with Crippen LogP contribution in [0.15, 0.2) is 46.2 Å². The van der Waals surface area contributed by atoms with E-state index in [2.05, 4.69) is 44.2 Å². The first-order valence-corrected chi connectivity index (χ1v) is 6.67. The van der Waals surface area contributed by atoms with Crippen LogP contribution in [0.1, 0.15) is 22.3 Å². The van der Waals surface area contributed by atoms with Gasteiger partial charge in [-0.15, -0.1) is 0 Å². The second-order valence-corrected chi connectivity index (χ2v) is 5.57. The zero-order chi connectivity index (χ0) is 13.1. The molecule has 18 heavy (non-hydrogen) atoms. The minimum absolute atomic E-state index is 0.741. The summed E-state index contributed by atoms with van der Waals surface area (Å²) in [6.07, 6.45) is 0. The molecule has 0 atom stereocenters. The van der Waals surface area contributed by atoms with Gasteiger partial charge in [0.2, 0.25) is 0 Å². The summed E-state index contributed by atoms with van der Waals surface area (Å²) in [5, 5.41) is 9.14. The predicted octanol–water partition coefficient (Wildman–Crippen LogP) is 4.63. The molecule has 0 aliphatic rings. The lowest BCUT2D eigenvalue weighted by atomic mass is 10.2. The van der Waals surface area contributed by atoms with Crippen LogP contribution in [0.2, 0.25) is 0 Å². The van der Waals surface area contributed by atoms with Crippen molar-refractivity contribution >= 4 is 11.8 Å². The van der Waals surface area contributed by atoms with E-state index in [0.29, 0.717) is 0 Å². The van der Waals surface area contributed by atoms with Crippen LogP contribution in [0.25, 0.3) is 0 Å². The fourth-order valence-corrected chi connectivity index (χ4v) is 2.90. The van der Waals surface area contributed by atoms with Crippen LogP contribution in [-0.4, -0.2) is 0 Å². The summed E-state index contributed by atoms with van der Waals surface area (Å²) in [6, 6.07) is 14.6. The molecule has 0 heterocycles. The Kier molecular flexibility index (Phi) is 3.74. The Morgan fingerprint density at radius 2 is 1.56 bits per heavy atom. The number of hydrogen-bond acceptors (Lipinski definition) is 2. The number of nitrogens with zero attached hydrogens (tertiary/aromatic N) is 1. The quantitative estimate of drug-likeness (QED) is 0.778. The zero-order valence-electron chi connectivity index (χ0n) is 10.8. The van der Waals surface area contributed by atoms with Gasteiger partial charge in [-0.05, 0) is 50.1 Å². The molecule has 2 rings (SSSR count). The van der Waals surface area contributed by atoms with E-state index in [9.17, 15) is 0 Å². The number of rotatable bonds is 2. The van der Waals surface area contributed by atoms with Gasteiger partial charge in [-0.3, -0.25) is 0 Å². The van der Waals surface area contributed by atoms with Crippen LogP contribution in [0.4, 0.5) is 0 Å². The van der Waals surface area contributed by atoms with Gasteiger partial charge in [0.05, 0.1) is 5.56 Å². The molecule has 2 aromatic rings. The Balaban J connectivity index is 2.40. The normalized spacial score (nSPS) is 10.1. The lowest BCUT2D eigenvalue weighted by Gasteiger charge is -2.08. The average molecular weight is 253 g/mol. The molecule has 2 heteroatoms. The highest BCUT2D eigenvalue weighted by atomic mass is 32.2. The van der Waals surface area contributed by atoms with Crippen LogP contribution >= 0.6 is 11.8 Å². The van der Waals surface area contributed by atoms with E-state index in [1.54, 1.807) is 11.8 Å². The molecule has 0 aromatic heterocycles. The zero-order valence-corrected chi connectivity index (χ0v) is 11.6. The number of nitriles is 1. The highest BCUT2D eigenvalue weighted by Crippen LogP contribution is 2.33. The van der Waals surface area contributed by atoms with Crippen molar-refractivity contribution in [3.63, 3.8) is 0 Å². The summed E-state index contributed by atoms with van der Waals surface area (Å²) in [7, 11) is 0. The molecule has 0 aliphatic carbocycles. The Labute approximate surface area is 112 Å². The molecule has 1 nitrogen and oxygen atoms in total. The van der Waals surface area contributed by atoms with Gasteiger partial charge in [-0.2, -0.15) is 5.26 Å². The minimum atomic E-state index is 0.741. The second-order valence-electron chi connectivity index (χ2n) is 4.48. The number of benzene rings is 2. The SMILES string of the molecule is Cc1ccc(Sc2cc(C)ccc2C#N)c(C)c1. The van der Waals surface area contributed by atoms with Gasteiger partial charge in [0.1, 0.15) is 6.07 Å². The van der Waals surface area contributed by atoms with E-state index in [1.807, 2.05) is 19.1 Å². The fraction of sp³-hybridized carbons (Fsp3) is 0.188. The largest absolute Gasteiger partial charge is 0.192 e. The van der Waals surface area contributed by atoms with E-state index < -0.39 is 0 Å². The van der Waals surface area contributed by atoms with Gasteiger partial charge in [-0.1, -0.05) is 35.5 Å². The summed E-state index contributed by atoms with van der Waals surface area (Å²) in [6.45, 7) is 6.25. The maximum absolute atomic E-state index is 9.14. The maximum atomic E-state index is 9.14. The molecule has 0 amide bonds. The van der Waals surface area contributed by atoms with Crippen molar-refractivity contribution in [2.24, 2.45) is 0 Å². The van der Waals surface area contributed by atoms with Crippen molar-refractivity contribution in [2.45, 2.75) is 30.6 Å². The fourth-order valence-electron chi connectivity index (χ4n) is 1.84. The summed E-state index contributed by atoms with van der Waals surface area (Å²) in [4.78, 5) is 2.24. The van der Waals surface area contributed by atoms with Crippen molar-refractivity contribution in [1.29, 1.82) is 5.26 Å². The molecule has 0 saturated heterocycles. The molecule has 0 radical (unpaired) electrons. The first-order chi connectivity index (χ1) is 8.60. The van der Waals surface area contributed by atoms with E-state index in [0.717, 1.165) is 10.5 Å². The average Bonchev–Trinajstić information content (AvgIpc) is 2.33. The van der Waals surface area contributed by atoms with Crippen molar-refractivity contribution < 1.29 is 0 Å². The Morgan fingerprint density at radius 3 is 2.22 bits per heavy atom. The predicted molar refractivity (Wildman–Crippen MR) is 75.9 cm³/mol. The monoisotopic (exact) mass is 253 g/mol. The van der Waals surface area contributed by atoms with Gasteiger partial charge in [0, 0.05) is 9.79 Å². The Hall–Kier alpha value is -1.72. The second kappa shape index (κ2) is 5.29. The minimum Gasteiger partial charge on any atom is -0.192 e. The first kappa shape index (κ1) is 12.7. The molecule has 2 aromatic carbocycles.